The van der Waals surface area contributed by atoms with Crippen molar-refractivity contribution in [2.24, 2.45) is 0 Å². The second-order valence-electron chi connectivity index (χ2n) is 3.83. The highest BCUT2D eigenvalue weighted by Gasteiger charge is 2.12. The fourth-order valence-electron chi connectivity index (χ4n) is 1.63. The predicted molar refractivity (Wildman–Crippen MR) is 72.6 cm³/mol. The second kappa shape index (κ2) is 5.25. The van der Waals surface area contributed by atoms with Gasteiger partial charge in [-0.15, -0.1) is 0 Å². The van der Waals surface area contributed by atoms with E-state index in [1.807, 2.05) is 14.0 Å². The van der Waals surface area contributed by atoms with Gasteiger partial charge in [0.1, 0.15) is 10.8 Å². The maximum Gasteiger partial charge on any atom is 0.182 e. The third kappa shape index (κ3) is 2.26. The minimum Gasteiger partial charge on any atom is -0.381 e. The molecular formula is C12H14ClN5. The van der Waals surface area contributed by atoms with Crippen LogP contribution in [-0.4, -0.2) is 28.0 Å². The van der Waals surface area contributed by atoms with Crippen LogP contribution in [0, 0.1) is 18.8 Å². The van der Waals surface area contributed by atoms with Crippen molar-refractivity contribution in [1.29, 1.82) is 0 Å². The lowest BCUT2D eigenvalue weighted by Gasteiger charge is -2.00. The zero-order valence-electron chi connectivity index (χ0n) is 10.3. The maximum atomic E-state index is 6.11. The van der Waals surface area contributed by atoms with Crippen molar-refractivity contribution in [2.75, 3.05) is 19.3 Å². The Balaban J connectivity index is 2.52. The third-order valence-corrected chi connectivity index (χ3v) is 2.78. The van der Waals surface area contributed by atoms with Crippen LogP contribution in [0.4, 0.5) is 5.82 Å². The van der Waals surface area contributed by atoms with Gasteiger partial charge in [0.2, 0.25) is 0 Å². The summed E-state index contributed by atoms with van der Waals surface area (Å²) in [6, 6.07) is 0. The van der Waals surface area contributed by atoms with Crippen LogP contribution in [0.5, 0.6) is 0 Å². The van der Waals surface area contributed by atoms with E-state index in [-0.39, 0.29) is 0 Å². The average Bonchev–Trinajstić information content (AvgIpc) is 2.68. The number of nitrogens with two attached hydrogens (primary N) is 1. The SMILES string of the molecule is CNCCC#Cc1c(C)nc2c(N)ncc(Cl)n12. The Morgan fingerprint density at radius 1 is 1.56 bits per heavy atom. The number of hydrogen-bond acceptors (Lipinski definition) is 4. The van der Waals surface area contributed by atoms with Gasteiger partial charge in [-0.2, -0.15) is 0 Å². The first-order valence-corrected chi connectivity index (χ1v) is 5.95. The van der Waals surface area contributed by atoms with E-state index < -0.39 is 0 Å². The normalized spacial score (nSPS) is 10.4. The minimum atomic E-state index is 0.353. The molecule has 0 aliphatic heterocycles. The molecule has 0 amide bonds. The topological polar surface area (TPSA) is 68.2 Å². The summed E-state index contributed by atoms with van der Waals surface area (Å²) in [5.41, 5.74) is 7.89. The van der Waals surface area contributed by atoms with Gasteiger partial charge in [-0.1, -0.05) is 17.5 Å². The van der Waals surface area contributed by atoms with E-state index in [0.717, 1.165) is 24.4 Å². The lowest BCUT2D eigenvalue weighted by Crippen LogP contribution is -2.06. The molecule has 0 aliphatic carbocycles. The third-order valence-electron chi connectivity index (χ3n) is 2.51. The van der Waals surface area contributed by atoms with Crippen molar-refractivity contribution >= 4 is 23.1 Å². The molecule has 5 nitrogen and oxygen atoms in total. The van der Waals surface area contributed by atoms with E-state index >= 15 is 0 Å². The van der Waals surface area contributed by atoms with Crippen molar-refractivity contribution in [3.05, 3.63) is 22.7 Å². The number of aryl methyl sites for hydroxylation is 1. The fraction of sp³-hybridized carbons (Fsp3) is 0.333. The number of rotatable bonds is 2. The van der Waals surface area contributed by atoms with Crippen LogP contribution < -0.4 is 11.1 Å². The summed E-state index contributed by atoms with van der Waals surface area (Å²) in [6.45, 7) is 2.73. The second-order valence-corrected chi connectivity index (χ2v) is 4.21. The molecule has 0 radical (unpaired) electrons. The highest BCUT2D eigenvalue weighted by atomic mass is 35.5. The summed E-state index contributed by atoms with van der Waals surface area (Å²) in [5.74, 6) is 6.51. The van der Waals surface area contributed by atoms with Crippen LogP contribution in [0.25, 0.3) is 5.65 Å². The molecular weight excluding hydrogens is 250 g/mol. The van der Waals surface area contributed by atoms with Gasteiger partial charge in [-0.05, 0) is 19.9 Å². The first kappa shape index (κ1) is 12.7. The molecule has 6 heteroatoms. The standard InChI is InChI=1S/C12H14ClN5/c1-8-9(5-3-4-6-15-2)18-10(13)7-16-11(14)12(18)17-8/h7,15H,4,6H2,1-2H3,(H2,14,16). The number of hydrogen-bond donors (Lipinski definition) is 2. The molecule has 2 aromatic heterocycles. The molecule has 2 rings (SSSR count). The van der Waals surface area contributed by atoms with Gasteiger partial charge in [-0.3, -0.25) is 4.40 Å². The van der Waals surface area contributed by atoms with Gasteiger partial charge < -0.3 is 11.1 Å². The van der Waals surface area contributed by atoms with E-state index in [1.165, 1.54) is 6.20 Å². The molecule has 0 spiro atoms. The average molecular weight is 264 g/mol. The largest absolute Gasteiger partial charge is 0.381 e. The Labute approximate surface area is 110 Å². The van der Waals surface area contributed by atoms with E-state index in [0.29, 0.717) is 16.6 Å². The van der Waals surface area contributed by atoms with E-state index in [2.05, 4.69) is 27.1 Å². The van der Waals surface area contributed by atoms with Gasteiger partial charge in [0.15, 0.2) is 11.5 Å². The molecule has 0 aromatic carbocycles. The number of nitrogens with one attached hydrogen (secondary N) is 1. The molecule has 0 bridgehead atoms. The Morgan fingerprint density at radius 3 is 3.06 bits per heavy atom. The van der Waals surface area contributed by atoms with Crippen LogP contribution >= 0.6 is 11.6 Å². The van der Waals surface area contributed by atoms with Gasteiger partial charge in [-0.25, -0.2) is 9.97 Å². The molecule has 18 heavy (non-hydrogen) atoms. The zero-order chi connectivity index (χ0) is 13.1. The summed E-state index contributed by atoms with van der Waals surface area (Å²) < 4.78 is 1.73. The molecule has 0 aliphatic rings. The maximum absolute atomic E-state index is 6.11. The quantitative estimate of drug-likeness (QED) is 0.632. The fourth-order valence-corrected chi connectivity index (χ4v) is 1.84. The number of fused-ring (bicyclic) bond motifs is 1. The Hall–Kier alpha value is -1.77. The van der Waals surface area contributed by atoms with Crippen molar-refractivity contribution in [1.82, 2.24) is 19.7 Å². The van der Waals surface area contributed by atoms with E-state index in [4.69, 9.17) is 17.3 Å². The molecule has 0 atom stereocenters. The Bertz CT molecular complexity index is 635. The summed E-state index contributed by atoms with van der Waals surface area (Å²) in [7, 11) is 1.89. The lowest BCUT2D eigenvalue weighted by atomic mass is 10.3. The lowest BCUT2D eigenvalue weighted by molar-refractivity contribution is 0.818. The minimum absolute atomic E-state index is 0.353. The molecule has 2 aromatic rings. The smallest absolute Gasteiger partial charge is 0.182 e. The van der Waals surface area contributed by atoms with Crippen LogP contribution in [-0.2, 0) is 0 Å². The molecule has 2 heterocycles. The summed E-state index contributed by atoms with van der Waals surface area (Å²) in [6.07, 6.45) is 2.27. The number of halogens is 1. The molecule has 0 unspecified atom stereocenters. The van der Waals surface area contributed by atoms with E-state index in [9.17, 15) is 0 Å². The van der Waals surface area contributed by atoms with Crippen LogP contribution in [0.3, 0.4) is 0 Å². The molecule has 0 fully saturated rings. The number of imidazole rings is 1. The van der Waals surface area contributed by atoms with E-state index in [1.54, 1.807) is 4.40 Å². The highest BCUT2D eigenvalue weighted by molar-refractivity contribution is 6.29. The van der Waals surface area contributed by atoms with Crippen LogP contribution in [0.15, 0.2) is 6.20 Å². The van der Waals surface area contributed by atoms with Crippen LogP contribution in [0.1, 0.15) is 17.8 Å². The predicted octanol–water partition coefficient (Wildman–Crippen LogP) is 1.23. The summed E-state index contributed by atoms with van der Waals surface area (Å²) >= 11 is 6.11. The molecule has 3 N–H and O–H groups in total. The number of nitrogens with zero attached hydrogens (tertiary/aromatic N) is 3. The molecule has 94 valence electrons. The number of aromatic nitrogens is 3. The number of nitrogen functional groups attached to an aromatic ring is 1. The van der Waals surface area contributed by atoms with Crippen LogP contribution in [0.2, 0.25) is 5.15 Å². The first-order chi connectivity index (χ1) is 8.65. The molecule has 0 saturated carbocycles. The van der Waals surface area contributed by atoms with Crippen molar-refractivity contribution < 1.29 is 0 Å². The number of anilines is 1. The highest BCUT2D eigenvalue weighted by Crippen LogP contribution is 2.20. The van der Waals surface area contributed by atoms with Gasteiger partial charge in [0, 0.05) is 13.0 Å². The zero-order valence-corrected chi connectivity index (χ0v) is 11.0. The van der Waals surface area contributed by atoms with Gasteiger partial charge in [0.05, 0.1) is 11.9 Å². The Kier molecular flexibility index (Phi) is 3.70. The summed E-state index contributed by atoms with van der Waals surface area (Å²) in [4.78, 5) is 8.32. The first-order valence-electron chi connectivity index (χ1n) is 5.57. The monoisotopic (exact) mass is 263 g/mol. The van der Waals surface area contributed by atoms with Gasteiger partial charge >= 0.3 is 0 Å². The van der Waals surface area contributed by atoms with Crippen molar-refractivity contribution in [2.45, 2.75) is 13.3 Å². The van der Waals surface area contributed by atoms with Gasteiger partial charge in [0.25, 0.3) is 0 Å². The van der Waals surface area contributed by atoms with Crippen molar-refractivity contribution in [3.63, 3.8) is 0 Å². The Morgan fingerprint density at radius 2 is 2.33 bits per heavy atom. The summed E-state index contributed by atoms with van der Waals surface area (Å²) in [5, 5.41) is 3.50. The van der Waals surface area contributed by atoms with Crippen molar-refractivity contribution in [3.8, 4) is 11.8 Å². The molecule has 0 saturated heterocycles.